The van der Waals surface area contributed by atoms with Crippen LogP contribution in [-0.4, -0.2) is 82.7 Å². The number of carbonyl (C=O) groups is 1. The first-order chi connectivity index (χ1) is 25.4. The Bertz CT molecular complexity index is 1720. The normalized spacial score (nSPS) is 26.0. The summed E-state index contributed by atoms with van der Waals surface area (Å²) < 4.78 is 24.8. The minimum absolute atomic E-state index is 0.0195. The van der Waals surface area contributed by atoms with Gasteiger partial charge in [-0.15, -0.1) is 0 Å². The first-order valence-corrected chi connectivity index (χ1v) is 16.8. The van der Waals surface area contributed by atoms with Crippen LogP contribution in [0.3, 0.4) is 0 Å². The average Bonchev–Trinajstić information content (AvgIpc) is 3.17. The van der Waals surface area contributed by atoms with Crippen LogP contribution < -0.4 is 0 Å². The SMILES string of the molecule is [N-]=[N+]=NC1CC[C@@H]([C@H](COCc2ccccc2)N(Cc2ccccc2)C(=O)OCc2ccccc2)O[C@@H]1O[C@H]1[C@H](O)[C@@H](O)[C@H](N=[N+]=[N-])C[C@@H]1N=[N+]=[N-]. The highest BCUT2D eigenvalue weighted by Crippen LogP contribution is 2.34. The van der Waals surface area contributed by atoms with Gasteiger partial charge in [0.15, 0.2) is 6.29 Å². The highest BCUT2D eigenvalue weighted by atomic mass is 16.7. The van der Waals surface area contributed by atoms with Gasteiger partial charge in [-0.25, -0.2) is 4.79 Å². The molecule has 5 rings (SSSR count). The van der Waals surface area contributed by atoms with Crippen molar-refractivity contribution in [1.29, 1.82) is 0 Å². The molecule has 1 amide bonds. The van der Waals surface area contributed by atoms with Crippen molar-refractivity contribution in [1.82, 2.24) is 4.90 Å². The van der Waals surface area contributed by atoms with Crippen molar-refractivity contribution in [3.8, 4) is 0 Å². The van der Waals surface area contributed by atoms with Crippen LogP contribution in [0.1, 0.15) is 36.0 Å². The number of azide groups is 3. The second-order valence-electron chi connectivity index (χ2n) is 12.5. The molecule has 1 aliphatic heterocycles. The Balaban J connectivity index is 1.45. The molecule has 0 spiro atoms. The molecule has 0 aromatic heterocycles. The molecule has 3 aromatic carbocycles. The number of hydrogen-bond acceptors (Lipinski definition) is 10. The Morgan fingerprint density at radius 3 is 1.94 bits per heavy atom. The van der Waals surface area contributed by atoms with E-state index in [0.717, 1.165) is 16.7 Å². The molecule has 1 saturated heterocycles. The summed E-state index contributed by atoms with van der Waals surface area (Å²) in [6.07, 6.45) is -6.74. The molecule has 1 saturated carbocycles. The minimum Gasteiger partial charge on any atom is -0.445 e. The maximum atomic E-state index is 14.0. The number of hydrogen-bond donors (Lipinski definition) is 2. The largest absolute Gasteiger partial charge is 0.445 e. The maximum absolute atomic E-state index is 14.0. The van der Waals surface area contributed by atoms with E-state index < -0.39 is 61.0 Å². The van der Waals surface area contributed by atoms with Gasteiger partial charge in [0.05, 0.1) is 55.7 Å². The highest BCUT2D eigenvalue weighted by Gasteiger charge is 2.47. The quantitative estimate of drug-likeness (QED) is 0.101. The Labute approximate surface area is 299 Å². The monoisotopic (exact) mass is 712 g/mol. The van der Waals surface area contributed by atoms with Gasteiger partial charge < -0.3 is 29.2 Å². The third kappa shape index (κ3) is 10.1. The lowest BCUT2D eigenvalue weighted by atomic mass is 9.84. The van der Waals surface area contributed by atoms with Crippen molar-refractivity contribution >= 4 is 6.09 Å². The van der Waals surface area contributed by atoms with Gasteiger partial charge in [-0.05, 0) is 52.5 Å². The van der Waals surface area contributed by atoms with Crippen molar-refractivity contribution in [2.45, 2.75) is 93.9 Å². The van der Waals surface area contributed by atoms with Crippen LogP contribution >= 0.6 is 0 Å². The Kier molecular flexibility index (Phi) is 14.1. The number of amides is 1. The smallest absolute Gasteiger partial charge is 0.410 e. The van der Waals surface area contributed by atoms with E-state index in [2.05, 4.69) is 30.1 Å². The van der Waals surface area contributed by atoms with E-state index in [1.54, 1.807) is 4.90 Å². The molecule has 2 aliphatic rings. The van der Waals surface area contributed by atoms with Crippen molar-refractivity contribution in [3.05, 3.63) is 139 Å². The zero-order valence-electron chi connectivity index (χ0n) is 28.2. The third-order valence-corrected chi connectivity index (χ3v) is 9.07. The molecule has 17 nitrogen and oxygen atoms in total. The molecular formula is C35H40N10O7. The number of carbonyl (C=O) groups excluding carboxylic acids is 1. The van der Waals surface area contributed by atoms with Crippen molar-refractivity contribution in [3.63, 3.8) is 0 Å². The van der Waals surface area contributed by atoms with Crippen LogP contribution in [0, 0.1) is 0 Å². The standard InChI is InChI=1S/C35H40N10O7/c36-42-39-26-16-17-30(51-34(26)52-33-28(41-44-38)18-27(40-43-37)31(46)32(33)47)29(22-49-20-24-12-6-2-7-13-24)45(19-23-10-4-1-5-11-23)35(48)50-21-25-14-8-3-9-15-25/h1-15,26-34,46-47H,16-22H2/t26?,27-,28+,29+,30+,31+,32-,33-,34-/m1/s1. The number of nitrogens with zero attached hydrogens (tertiary/aromatic N) is 10. The number of ether oxygens (including phenoxy) is 4. The number of rotatable bonds is 15. The Morgan fingerprint density at radius 1 is 0.769 bits per heavy atom. The van der Waals surface area contributed by atoms with E-state index in [0.29, 0.717) is 6.42 Å². The Morgan fingerprint density at radius 2 is 1.33 bits per heavy atom. The zero-order valence-corrected chi connectivity index (χ0v) is 28.2. The molecule has 3 aromatic rings. The molecular weight excluding hydrogens is 672 g/mol. The predicted octanol–water partition coefficient (Wildman–Crippen LogP) is 6.46. The lowest BCUT2D eigenvalue weighted by molar-refractivity contribution is -0.262. The van der Waals surface area contributed by atoms with E-state index in [1.807, 2.05) is 91.0 Å². The van der Waals surface area contributed by atoms with Crippen molar-refractivity contribution < 1.29 is 34.0 Å². The van der Waals surface area contributed by atoms with E-state index in [9.17, 15) is 26.1 Å². The van der Waals surface area contributed by atoms with Crippen LogP contribution in [0.2, 0.25) is 0 Å². The summed E-state index contributed by atoms with van der Waals surface area (Å²) in [4.78, 5) is 24.1. The average molecular weight is 713 g/mol. The molecule has 272 valence electrons. The van der Waals surface area contributed by atoms with E-state index in [4.69, 9.17) is 24.5 Å². The van der Waals surface area contributed by atoms with E-state index >= 15 is 0 Å². The fraction of sp³-hybridized carbons (Fsp3) is 0.457. The molecule has 9 atom stereocenters. The van der Waals surface area contributed by atoms with Crippen molar-refractivity contribution in [2.24, 2.45) is 15.3 Å². The second kappa shape index (κ2) is 19.3. The van der Waals surface area contributed by atoms with Gasteiger partial charge >= 0.3 is 6.09 Å². The first-order valence-electron chi connectivity index (χ1n) is 16.8. The molecule has 1 unspecified atom stereocenters. The van der Waals surface area contributed by atoms with Crippen molar-refractivity contribution in [2.75, 3.05) is 6.61 Å². The fourth-order valence-electron chi connectivity index (χ4n) is 6.41. The van der Waals surface area contributed by atoms with Crippen LogP contribution in [0.15, 0.2) is 106 Å². The number of aliphatic hydroxyl groups is 2. The summed E-state index contributed by atoms with van der Waals surface area (Å²) in [5.74, 6) is 0. The molecule has 2 fully saturated rings. The molecule has 2 N–H and O–H groups in total. The molecule has 0 radical (unpaired) electrons. The Hall–Kier alpha value is -5.34. The summed E-state index contributed by atoms with van der Waals surface area (Å²) in [5, 5.41) is 33.0. The summed E-state index contributed by atoms with van der Waals surface area (Å²) in [7, 11) is 0. The highest BCUT2D eigenvalue weighted by molar-refractivity contribution is 5.68. The summed E-state index contributed by atoms with van der Waals surface area (Å²) >= 11 is 0. The fourth-order valence-corrected chi connectivity index (χ4v) is 6.41. The molecule has 1 heterocycles. The second-order valence-corrected chi connectivity index (χ2v) is 12.5. The van der Waals surface area contributed by atoms with Crippen LogP contribution in [-0.2, 0) is 38.7 Å². The van der Waals surface area contributed by atoms with Gasteiger partial charge in [0, 0.05) is 21.3 Å². The van der Waals surface area contributed by atoms with Gasteiger partial charge in [-0.2, -0.15) is 0 Å². The first kappa shape index (κ1) is 37.9. The maximum Gasteiger partial charge on any atom is 0.410 e. The lowest BCUT2D eigenvalue weighted by Crippen LogP contribution is -2.59. The van der Waals surface area contributed by atoms with Crippen LogP contribution in [0.25, 0.3) is 31.3 Å². The van der Waals surface area contributed by atoms with Gasteiger partial charge in [0.2, 0.25) is 0 Å². The zero-order chi connectivity index (χ0) is 36.7. The number of benzene rings is 3. The number of aliphatic hydroxyl groups excluding tert-OH is 2. The topological polar surface area (TPSA) is 244 Å². The van der Waals surface area contributed by atoms with Gasteiger partial charge in [0.25, 0.3) is 0 Å². The van der Waals surface area contributed by atoms with E-state index in [1.165, 1.54) is 0 Å². The van der Waals surface area contributed by atoms with Gasteiger partial charge in [-0.3, -0.25) is 4.90 Å². The molecule has 0 bridgehead atoms. The van der Waals surface area contributed by atoms with E-state index in [-0.39, 0.29) is 39.2 Å². The van der Waals surface area contributed by atoms with Gasteiger partial charge in [-0.1, -0.05) is 106 Å². The summed E-state index contributed by atoms with van der Waals surface area (Å²) in [6, 6.07) is 24.4. The molecule has 52 heavy (non-hydrogen) atoms. The summed E-state index contributed by atoms with van der Waals surface area (Å²) in [6.45, 7) is 0.437. The lowest BCUT2D eigenvalue weighted by Gasteiger charge is -2.45. The minimum atomic E-state index is -1.65. The third-order valence-electron chi connectivity index (χ3n) is 9.07. The predicted molar refractivity (Wildman–Crippen MR) is 187 cm³/mol. The van der Waals surface area contributed by atoms with Crippen LogP contribution in [0.5, 0.6) is 0 Å². The molecule has 17 heteroatoms. The molecule has 1 aliphatic carbocycles. The van der Waals surface area contributed by atoms with Crippen LogP contribution in [0.4, 0.5) is 4.79 Å². The summed E-state index contributed by atoms with van der Waals surface area (Å²) in [5.41, 5.74) is 30.2. The van der Waals surface area contributed by atoms with Gasteiger partial charge in [0.1, 0.15) is 12.7 Å².